The highest BCUT2D eigenvalue weighted by molar-refractivity contribution is 5.83. The number of nitrogens with zero attached hydrogens (tertiary/aromatic N) is 1. The van der Waals surface area contributed by atoms with Gasteiger partial charge in [0, 0.05) is 25.6 Å². The van der Waals surface area contributed by atoms with Gasteiger partial charge in [0.2, 0.25) is 11.8 Å². The predicted octanol–water partition coefficient (Wildman–Crippen LogP) is 2.50. The normalized spacial score (nSPS) is 10.2. The average molecular weight is 344 g/mol. The molecule has 0 fully saturated rings. The van der Waals surface area contributed by atoms with Crippen molar-refractivity contribution in [2.24, 2.45) is 0 Å². The molecule has 0 radical (unpaired) electrons. The molecule has 2 amide bonds. The Bertz CT molecular complexity index is 732. The second kappa shape index (κ2) is 8.82. The van der Waals surface area contributed by atoms with Gasteiger partial charge in [-0.2, -0.15) is 0 Å². The van der Waals surface area contributed by atoms with Crippen molar-refractivity contribution in [3.8, 4) is 5.75 Å². The summed E-state index contributed by atoms with van der Waals surface area (Å²) in [6, 6.07) is 13.5. The summed E-state index contributed by atoms with van der Waals surface area (Å²) >= 11 is 0. The molecule has 132 valence electrons. The van der Waals surface area contributed by atoms with Gasteiger partial charge in [-0.05, 0) is 23.8 Å². The van der Waals surface area contributed by atoms with Gasteiger partial charge in [-0.15, -0.1) is 0 Å². The molecule has 2 aromatic carbocycles. The fourth-order valence-corrected chi connectivity index (χ4v) is 2.28. The van der Waals surface area contributed by atoms with Crippen LogP contribution in [0.4, 0.5) is 4.39 Å². The first-order valence-electron chi connectivity index (χ1n) is 7.88. The van der Waals surface area contributed by atoms with Gasteiger partial charge in [0.15, 0.2) is 0 Å². The molecule has 0 atom stereocenters. The molecule has 0 saturated heterocycles. The molecule has 5 nitrogen and oxygen atoms in total. The molecule has 6 heteroatoms. The van der Waals surface area contributed by atoms with E-state index >= 15 is 0 Å². The zero-order chi connectivity index (χ0) is 18.2. The number of methoxy groups -OCH3 is 1. The van der Waals surface area contributed by atoms with E-state index in [1.165, 1.54) is 17.9 Å². The van der Waals surface area contributed by atoms with Gasteiger partial charge in [-0.3, -0.25) is 9.59 Å². The van der Waals surface area contributed by atoms with E-state index in [1.54, 1.807) is 25.3 Å². The smallest absolute Gasteiger partial charge is 0.239 e. The molecule has 1 N–H and O–H groups in total. The molecule has 0 aliphatic heterocycles. The Hall–Kier alpha value is -2.89. The van der Waals surface area contributed by atoms with Crippen LogP contribution in [0.3, 0.4) is 0 Å². The fourth-order valence-electron chi connectivity index (χ4n) is 2.28. The third kappa shape index (κ3) is 5.60. The van der Waals surface area contributed by atoms with E-state index in [9.17, 15) is 14.0 Å². The maximum absolute atomic E-state index is 13.7. The van der Waals surface area contributed by atoms with E-state index in [1.807, 2.05) is 24.3 Å². The van der Waals surface area contributed by atoms with Crippen molar-refractivity contribution < 1.29 is 18.7 Å². The standard InChI is InChI=1S/C19H21FN2O3/c1-14(23)22(12-16-5-3-4-6-18(16)20)13-19(24)21-11-15-7-9-17(25-2)10-8-15/h3-10H,11-13H2,1-2H3,(H,21,24). The van der Waals surface area contributed by atoms with Crippen molar-refractivity contribution in [2.75, 3.05) is 13.7 Å². The zero-order valence-electron chi connectivity index (χ0n) is 14.3. The highest BCUT2D eigenvalue weighted by Crippen LogP contribution is 2.12. The van der Waals surface area contributed by atoms with Crippen molar-refractivity contribution in [3.63, 3.8) is 0 Å². The minimum Gasteiger partial charge on any atom is -0.497 e. The van der Waals surface area contributed by atoms with Crippen LogP contribution in [-0.4, -0.2) is 30.4 Å². The van der Waals surface area contributed by atoms with Crippen molar-refractivity contribution in [1.29, 1.82) is 0 Å². The van der Waals surface area contributed by atoms with Gasteiger partial charge >= 0.3 is 0 Å². The van der Waals surface area contributed by atoms with Gasteiger partial charge in [0.1, 0.15) is 11.6 Å². The molecule has 0 heterocycles. The number of benzene rings is 2. The molecule has 0 aliphatic carbocycles. The largest absolute Gasteiger partial charge is 0.497 e. The lowest BCUT2D eigenvalue weighted by Crippen LogP contribution is -2.39. The number of carbonyl (C=O) groups is 2. The van der Waals surface area contributed by atoms with Crippen LogP contribution in [0.5, 0.6) is 5.75 Å². The number of amides is 2. The molecule has 0 spiro atoms. The number of carbonyl (C=O) groups excluding carboxylic acids is 2. The Morgan fingerprint density at radius 1 is 1.12 bits per heavy atom. The number of ether oxygens (including phenoxy) is 1. The summed E-state index contributed by atoms with van der Waals surface area (Å²) in [5.74, 6) is -0.250. The van der Waals surface area contributed by atoms with Crippen LogP contribution in [0.2, 0.25) is 0 Å². The third-order valence-electron chi connectivity index (χ3n) is 3.75. The number of halogens is 1. The quantitative estimate of drug-likeness (QED) is 0.840. The topological polar surface area (TPSA) is 58.6 Å². The summed E-state index contributed by atoms with van der Waals surface area (Å²) in [7, 11) is 1.59. The van der Waals surface area contributed by atoms with Crippen LogP contribution < -0.4 is 10.1 Å². The summed E-state index contributed by atoms with van der Waals surface area (Å²) in [4.78, 5) is 25.2. The third-order valence-corrected chi connectivity index (χ3v) is 3.75. The van der Waals surface area contributed by atoms with E-state index in [0.29, 0.717) is 12.1 Å². The Morgan fingerprint density at radius 3 is 2.40 bits per heavy atom. The van der Waals surface area contributed by atoms with Gasteiger partial charge in [0.25, 0.3) is 0 Å². The molecule has 0 aromatic heterocycles. The van der Waals surface area contributed by atoms with E-state index in [2.05, 4.69) is 5.32 Å². The van der Waals surface area contributed by atoms with Crippen LogP contribution >= 0.6 is 0 Å². The van der Waals surface area contributed by atoms with Crippen LogP contribution in [0.25, 0.3) is 0 Å². The van der Waals surface area contributed by atoms with Gasteiger partial charge in [-0.1, -0.05) is 30.3 Å². The predicted molar refractivity (Wildman–Crippen MR) is 92.3 cm³/mol. The molecular weight excluding hydrogens is 323 g/mol. The van der Waals surface area contributed by atoms with E-state index < -0.39 is 5.82 Å². The molecule has 0 bridgehead atoms. The minimum atomic E-state index is -0.396. The Kier molecular flexibility index (Phi) is 6.51. The van der Waals surface area contributed by atoms with E-state index in [4.69, 9.17) is 4.74 Å². The molecule has 0 saturated carbocycles. The number of nitrogens with one attached hydrogen (secondary N) is 1. The Labute approximate surface area is 146 Å². The summed E-state index contributed by atoms with van der Waals surface area (Å²) in [5, 5.41) is 2.75. The lowest BCUT2D eigenvalue weighted by molar-refractivity contribution is -0.135. The van der Waals surface area contributed by atoms with Crippen molar-refractivity contribution in [1.82, 2.24) is 10.2 Å². The maximum Gasteiger partial charge on any atom is 0.239 e. The second-order valence-corrected chi connectivity index (χ2v) is 5.59. The average Bonchev–Trinajstić information content (AvgIpc) is 2.61. The van der Waals surface area contributed by atoms with Crippen LogP contribution in [0.15, 0.2) is 48.5 Å². The second-order valence-electron chi connectivity index (χ2n) is 5.59. The minimum absolute atomic E-state index is 0.0535. The highest BCUT2D eigenvalue weighted by atomic mass is 19.1. The number of rotatable bonds is 7. The monoisotopic (exact) mass is 344 g/mol. The van der Waals surface area contributed by atoms with Crippen LogP contribution in [0.1, 0.15) is 18.1 Å². The molecule has 0 aliphatic rings. The van der Waals surface area contributed by atoms with E-state index in [0.717, 1.165) is 11.3 Å². The highest BCUT2D eigenvalue weighted by Gasteiger charge is 2.15. The number of hydrogen-bond donors (Lipinski definition) is 1. The molecule has 2 rings (SSSR count). The van der Waals surface area contributed by atoms with Crippen molar-refractivity contribution in [2.45, 2.75) is 20.0 Å². The van der Waals surface area contributed by atoms with Crippen LogP contribution in [-0.2, 0) is 22.7 Å². The summed E-state index contributed by atoms with van der Waals surface area (Å²) in [6.07, 6.45) is 0. The number of hydrogen-bond acceptors (Lipinski definition) is 3. The SMILES string of the molecule is COc1ccc(CNC(=O)CN(Cc2ccccc2F)C(C)=O)cc1. The summed E-state index contributed by atoms with van der Waals surface area (Å²) in [6.45, 7) is 1.63. The van der Waals surface area contributed by atoms with E-state index in [-0.39, 0.29) is 24.9 Å². The van der Waals surface area contributed by atoms with Gasteiger partial charge in [0.05, 0.1) is 13.7 Å². The zero-order valence-corrected chi connectivity index (χ0v) is 14.3. The Balaban J connectivity index is 1.91. The summed E-state index contributed by atoms with van der Waals surface area (Å²) < 4.78 is 18.8. The molecule has 2 aromatic rings. The molecule has 25 heavy (non-hydrogen) atoms. The summed E-state index contributed by atoms with van der Waals surface area (Å²) in [5.41, 5.74) is 1.29. The first-order chi connectivity index (χ1) is 12.0. The fraction of sp³-hybridized carbons (Fsp3) is 0.263. The maximum atomic E-state index is 13.7. The first kappa shape index (κ1) is 18.4. The molecular formula is C19H21FN2O3. The first-order valence-corrected chi connectivity index (χ1v) is 7.88. The molecule has 0 unspecified atom stereocenters. The van der Waals surface area contributed by atoms with Gasteiger partial charge < -0.3 is 15.0 Å². The lowest BCUT2D eigenvalue weighted by atomic mass is 10.2. The van der Waals surface area contributed by atoms with Crippen molar-refractivity contribution >= 4 is 11.8 Å². The van der Waals surface area contributed by atoms with Crippen molar-refractivity contribution in [3.05, 3.63) is 65.5 Å². The van der Waals surface area contributed by atoms with Crippen LogP contribution in [0, 0.1) is 5.82 Å². The van der Waals surface area contributed by atoms with Gasteiger partial charge in [-0.25, -0.2) is 4.39 Å². The lowest BCUT2D eigenvalue weighted by Gasteiger charge is -2.21. The Morgan fingerprint density at radius 2 is 1.80 bits per heavy atom.